The van der Waals surface area contributed by atoms with Crippen LogP contribution in [0.5, 0.6) is 0 Å². The summed E-state index contributed by atoms with van der Waals surface area (Å²) in [7, 11) is 0. The number of hydrogen-bond acceptors (Lipinski definition) is 6. The molecule has 1 aliphatic rings. The highest BCUT2D eigenvalue weighted by Crippen LogP contribution is 2.23. The summed E-state index contributed by atoms with van der Waals surface area (Å²) in [5.74, 6) is 0. The molecule has 1 fully saturated rings. The van der Waals surface area contributed by atoms with E-state index in [-0.39, 0.29) is 36.9 Å². The number of nitrogens with zero attached hydrogens (tertiary/aromatic N) is 1. The quantitative estimate of drug-likeness (QED) is 0.553. The first kappa shape index (κ1) is 22.6. The zero-order chi connectivity index (χ0) is 14.0. The molecule has 0 aromatic heterocycles. The van der Waals surface area contributed by atoms with Crippen molar-refractivity contribution in [1.29, 1.82) is 0 Å². The highest BCUT2D eigenvalue weighted by atomic mass is 35.5. The van der Waals surface area contributed by atoms with Crippen molar-refractivity contribution in [3.8, 4) is 0 Å². The molecule has 1 saturated heterocycles. The summed E-state index contributed by atoms with van der Waals surface area (Å²) in [6, 6.07) is 0.487. The zero-order valence-corrected chi connectivity index (χ0v) is 13.8. The molecule has 0 amide bonds. The van der Waals surface area contributed by atoms with Gasteiger partial charge < -0.3 is 25.2 Å². The van der Waals surface area contributed by atoms with Gasteiger partial charge in [0.1, 0.15) is 18.3 Å². The Kier molecular flexibility index (Phi) is 10.6. The smallest absolute Gasteiger partial charge is 0.184 e. The molecule has 20 heavy (non-hydrogen) atoms. The van der Waals surface area contributed by atoms with Gasteiger partial charge in [-0.2, -0.15) is 0 Å². The van der Waals surface area contributed by atoms with Gasteiger partial charge in [0.2, 0.25) is 0 Å². The lowest BCUT2D eigenvalue weighted by Crippen LogP contribution is -2.48. The van der Waals surface area contributed by atoms with E-state index < -0.39 is 30.7 Å². The minimum absolute atomic E-state index is 0. The molecule has 8 heteroatoms. The predicted octanol–water partition coefficient (Wildman–Crippen LogP) is -0.251. The molecule has 0 spiro atoms. The van der Waals surface area contributed by atoms with Gasteiger partial charge in [0.05, 0.1) is 6.10 Å². The molecule has 1 rings (SSSR count). The maximum atomic E-state index is 10.1. The maximum Gasteiger partial charge on any atom is 0.184 e. The lowest BCUT2D eigenvalue weighted by molar-refractivity contribution is -0.149. The molecule has 1 heterocycles. The van der Waals surface area contributed by atoms with E-state index in [4.69, 9.17) is 4.74 Å². The molecule has 0 aromatic carbocycles. The Morgan fingerprint density at radius 1 is 0.950 bits per heavy atom. The SMILES string of the molecule is CC(C)N(CC(O)C1OC(O)C(O)C1O)C(C)C.Cl.Cl. The third-order valence-electron chi connectivity index (χ3n) is 3.38. The highest BCUT2D eigenvalue weighted by molar-refractivity contribution is 5.85. The minimum Gasteiger partial charge on any atom is -0.389 e. The fourth-order valence-electron chi connectivity index (χ4n) is 2.34. The van der Waals surface area contributed by atoms with Gasteiger partial charge in [0.25, 0.3) is 0 Å². The van der Waals surface area contributed by atoms with Gasteiger partial charge in [0, 0.05) is 18.6 Å². The molecule has 0 bridgehead atoms. The fourth-order valence-corrected chi connectivity index (χ4v) is 2.34. The Hall–Kier alpha value is 0.340. The topological polar surface area (TPSA) is 93.4 Å². The van der Waals surface area contributed by atoms with Crippen LogP contribution in [-0.2, 0) is 4.74 Å². The van der Waals surface area contributed by atoms with Crippen molar-refractivity contribution in [3.63, 3.8) is 0 Å². The van der Waals surface area contributed by atoms with Gasteiger partial charge >= 0.3 is 0 Å². The van der Waals surface area contributed by atoms with Crippen LogP contribution in [0.4, 0.5) is 0 Å². The Labute approximate surface area is 132 Å². The van der Waals surface area contributed by atoms with Crippen LogP contribution in [0.15, 0.2) is 0 Å². The summed E-state index contributed by atoms with van der Waals surface area (Å²) in [6.07, 6.45) is -6.00. The van der Waals surface area contributed by atoms with Crippen LogP contribution in [0, 0.1) is 0 Å². The number of aliphatic hydroxyl groups excluding tert-OH is 4. The van der Waals surface area contributed by atoms with Crippen molar-refractivity contribution >= 4 is 24.8 Å². The monoisotopic (exact) mass is 335 g/mol. The van der Waals surface area contributed by atoms with Crippen LogP contribution in [0.25, 0.3) is 0 Å². The standard InChI is InChI=1S/C12H25NO5.2ClH/c1-6(2)13(7(3)4)5-8(14)11-9(15)10(16)12(17)18-11;;/h6-12,14-17H,5H2,1-4H3;2*1H. The Morgan fingerprint density at radius 3 is 1.70 bits per heavy atom. The average Bonchev–Trinajstić information content (AvgIpc) is 2.52. The molecular weight excluding hydrogens is 309 g/mol. The third-order valence-corrected chi connectivity index (χ3v) is 3.38. The van der Waals surface area contributed by atoms with Crippen molar-refractivity contribution < 1.29 is 25.2 Å². The highest BCUT2D eigenvalue weighted by Gasteiger charge is 2.45. The summed E-state index contributed by atoms with van der Waals surface area (Å²) in [4.78, 5) is 2.05. The zero-order valence-electron chi connectivity index (χ0n) is 12.2. The van der Waals surface area contributed by atoms with E-state index in [0.29, 0.717) is 6.54 Å². The van der Waals surface area contributed by atoms with E-state index in [1.54, 1.807) is 0 Å². The van der Waals surface area contributed by atoms with Crippen molar-refractivity contribution in [2.45, 2.75) is 70.5 Å². The van der Waals surface area contributed by atoms with Crippen LogP contribution < -0.4 is 0 Å². The Balaban J connectivity index is 0. The van der Waals surface area contributed by atoms with Crippen LogP contribution in [0.3, 0.4) is 0 Å². The predicted molar refractivity (Wildman–Crippen MR) is 80.4 cm³/mol. The Morgan fingerprint density at radius 2 is 1.40 bits per heavy atom. The molecule has 0 radical (unpaired) electrons. The van der Waals surface area contributed by atoms with E-state index in [1.807, 2.05) is 27.7 Å². The number of halogens is 2. The number of aliphatic hydroxyl groups is 4. The molecule has 1 aliphatic heterocycles. The number of hydrogen-bond donors (Lipinski definition) is 4. The van der Waals surface area contributed by atoms with Crippen molar-refractivity contribution in [2.24, 2.45) is 0 Å². The van der Waals surface area contributed by atoms with Crippen molar-refractivity contribution in [2.75, 3.05) is 6.54 Å². The molecule has 0 aromatic rings. The van der Waals surface area contributed by atoms with E-state index in [2.05, 4.69) is 4.90 Å². The van der Waals surface area contributed by atoms with Gasteiger partial charge in [-0.25, -0.2) is 0 Å². The largest absolute Gasteiger partial charge is 0.389 e. The third kappa shape index (κ3) is 5.27. The molecule has 5 unspecified atom stereocenters. The molecular formula is C12H27Cl2NO5. The molecule has 124 valence electrons. The minimum atomic E-state index is -1.44. The lowest BCUT2D eigenvalue weighted by atomic mass is 10.0. The van der Waals surface area contributed by atoms with Crippen LogP contribution in [-0.4, -0.2) is 74.7 Å². The maximum absolute atomic E-state index is 10.1. The molecule has 4 N–H and O–H groups in total. The summed E-state index contributed by atoms with van der Waals surface area (Å²) in [6.45, 7) is 8.38. The lowest BCUT2D eigenvalue weighted by Gasteiger charge is -2.34. The second-order valence-electron chi connectivity index (χ2n) is 5.42. The van der Waals surface area contributed by atoms with Crippen LogP contribution >= 0.6 is 24.8 Å². The molecule has 6 nitrogen and oxygen atoms in total. The van der Waals surface area contributed by atoms with Gasteiger partial charge in [-0.05, 0) is 27.7 Å². The number of rotatable bonds is 5. The summed E-state index contributed by atoms with van der Waals surface area (Å²) in [5.41, 5.74) is 0. The van der Waals surface area contributed by atoms with Crippen molar-refractivity contribution in [1.82, 2.24) is 4.90 Å². The summed E-state index contributed by atoms with van der Waals surface area (Å²) in [5, 5.41) is 38.4. The normalized spacial score (nSPS) is 31.4. The van der Waals surface area contributed by atoms with Crippen LogP contribution in [0.2, 0.25) is 0 Å². The van der Waals surface area contributed by atoms with E-state index in [1.165, 1.54) is 0 Å². The first-order valence-corrected chi connectivity index (χ1v) is 6.39. The second-order valence-corrected chi connectivity index (χ2v) is 5.42. The molecule has 0 aliphatic carbocycles. The first-order valence-electron chi connectivity index (χ1n) is 6.39. The second kappa shape index (κ2) is 9.38. The van der Waals surface area contributed by atoms with Gasteiger partial charge in [-0.1, -0.05) is 0 Å². The molecule has 0 saturated carbocycles. The van der Waals surface area contributed by atoms with E-state index in [0.717, 1.165) is 0 Å². The Bertz CT molecular complexity index is 262. The number of ether oxygens (including phenoxy) is 1. The first-order chi connectivity index (χ1) is 8.25. The van der Waals surface area contributed by atoms with Gasteiger partial charge in [-0.3, -0.25) is 4.90 Å². The van der Waals surface area contributed by atoms with Crippen LogP contribution in [0.1, 0.15) is 27.7 Å². The average molecular weight is 336 g/mol. The summed E-state index contributed by atoms with van der Waals surface area (Å²) < 4.78 is 4.99. The van der Waals surface area contributed by atoms with E-state index in [9.17, 15) is 20.4 Å². The summed E-state index contributed by atoms with van der Waals surface area (Å²) >= 11 is 0. The van der Waals surface area contributed by atoms with Gasteiger partial charge in [-0.15, -0.1) is 24.8 Å². The van der Waals surface area contributed by atoms with E-state index >= 15 is 0 Å². The molecule has 5 atom stereocenters. The fraction of sp³-hybridized carbons (Fsp3) is 1.00. The van der Waals surface area contributed by atoms with Gasteiger partial charge in [0.15, 0.2) is 6.29 Å². The van der Waals surface area contributed by atoms with Crippen molar-refractivity contribution in [3.05, 3.63) is 0 Å².